The molecule has 0 aromatic rings. The Bertz CT molecular complexity index is 315. The number of likely N-dealkylation sites (tertiary alicyclic amines) is 1. The van der Waals surface area contributed by atoms with Crippen LogP contribution >= 0.6 is 0 Å². The van der Waals surface area contributed by atoms with Crippen molar-refractivity contribution in [2.24, 2.45) is 17.8 Å². The van der Waals surface area contributed by atoms with Crippen LogP contribution in [0, 0.1) is 17.8 Å². The highest BCUT2D eigenvalue weighted by Crippen LogP contribution is 2.23. The first kappa shape index (κ1) is 14.8. The molecule has 2 N–H and O–H groups in total. The fourth-order valence-electron chi connectivity index (χ4n) is 2.25. The van der Waals surface area contributed by atoms with Crippen molar-refractivity contribution in [2.75, 3.05) is 13.1 Å². The van der Waals surface area contributed by atoms with Crippen molar-refractivity contribution in [1.82, 2.24) is 10.2 Å². The summed E-state index contributed by atoms with van der Waals surface area (Å²) in [6, 6.07) is -1.06. The molecule has 1 aliphatic rings. The Morgan fingerprint density at radius 3 is 2.28 bits per heavy atom. The van der Waals surface area contributed by atoms with E-state index in [2.05, 4.69) is 19.2 Å². The molecule has 104 valence electrons. The van der Waals surface area contributed by atoms with Gasteiger partial charge in [0.15, 0.2) is 0 Å². The van der Waals surface area contributed by atoms with Crippen LogP contribution < -0.4 is 5.32 Å². The van der Waals surface area contributed by atoms with Crippen molar-refractivity contribution >= 4 is 12.0 Å². The van der Waals surface area contributed by atoms with E-state index < -0.39 is 12.0 Å². The van der Waals surface area contributed by atoms with Gasteiger partial charge in [0.2, 0.25) is 0 Å². The number of carbonyl (C=O) groups is 2. The van der Waals surface area contributed by atoms with Gasteiger partial charge < -0.3 is 15.3 Å². The van der Waals surface area contributed by atoms with E-state index in [-0.39, 0.29) is 11.9 Å². The maximum absolute atomic E-state index is 12.0. The van der Waals surface area contributed by atoms with Crippen molar-refractivity contribution in [1.29, 1.82) is 0 Å². The molecule has 2 amide bonds. The van der Waals surface area contributed by atoms with Crippen LogP contribution in [-0.2, 0) is 4.79 Å². The quantitative estimate of drug-likeness (QED) is 0.805. The summed E-state index contributed by atoms with van der Waals surface area (Å²) in [5.41, 5.74) is 0. The summed E-state index contributed by atoms with van der Waals surface area (Å²) in [4.78, 5) is 24.7. The van der Waals surface area contributed by atoms with Gasteiger partial charge in [-0.3, -0.25) is 0 Å². The van der Waals surface area contributed by atoms with Crippen LogP contribution in [0.2, 0.25) is 0 Å². The minimum Gasteiger partial charge on any atom is -0.480 e. The molecule has 0 saturated carbocycles. The van der Waals surface area contributed by atoms with Gasteiger partial charge in [-0.25, -0.2) is 9.59 Å². The lowest BCUT2D eigenvalue weighted by Crippen LogP contribution is -2.49. The summed E-state index contributed by atoms with van der Waals surface area (Å²) >= 11 is 0. The summed E-state index contributed by atoms with van der Waals surface area (Å²) < 4.78 is 0. The third-order valence-corrected chi connectivity index (χ3v) is 3.67. The summed E-state index contributed by atoms with van der Waals surface area (Å²) in [7, 11) is 0. The minimum atomic E-state index is -0.974. The SMILES string of the molecule is CC(C)C1CCN(C(=O)N[C@H](C(=O)O)C(C)C)C1. The first-order chi connectivity index (χ1) is 8.32. The zero-order chi connectivity index (χ0) is 13.9. The normalized spacial score (nSPS) is 21.4. The van der Waals surface area contributed by atoms with Crippen molar-refractivity contribution in [2.45, 2.75) is 40.2 Å². The largest absolute Gasteiger partial charge is 0.480 e. The fourth-order valence-corrected chi connectivity index (χ4v) is 2.25. The molecule has 1 fully saturated rings. The van der Waals surface area contributed by atoms with Crippen molar-refractivity contribution in [3.63, 3.8) is 0 Å². The molecule has 0 aromatic carbocycles. The lowest BCUT2D eigenvalue weighted by Gasteiger charge is -2.23. The van der Waals surface area contributed by atoms with Crippen LogP contribution in [0.3, 0.4) is 0 Å². The smallest absolute Gasteiger partial charge is 0.326 e. The predicted octanol–water partition coefficient (Wildman–Crippen LogP) is 1.78. The van der Waals surface area contributed by atoms with Gasteiger partial charge in [0.05, 0.1) is 0 Å². The standard InChI is InChI=1S/C13H24N2O3/c1-8(2)10-5-6-15(7-10)13(18)14-11(9(3)4)12(16)17/h8-11H,5-7H2,1-4H3,(H,14,18)(H,16,17)/t10?,11-/m0/s1. The Kier molecular flexibility index (Phi) is 4.99. The number of carbonyl (C=O) groups excluding carboxylic acids is 1. The maximum Gasteiger partial charge on any atom is 0.326 e. The van der Waals surface area contributed by atoms with Crippen LogP contribution in [0.25, 0.3) is 0 Å². The first-order valence-electron chi connectivity index (χ1n) is 6.61. The highest BCUT2D eigenvalue weighted by atomic mass is 16.4. The number of carboxylic acid groups (broad SMARTS) is 1. The summed E-state index contributed by atoms with van der Waals surface area (Å²) in [5.74, 6) is -0.00541. The van der Waals surface area contributed by atoms with E-state index in [4.69, 9.17) is 5.11 Å². The maximum atomic E-state index is 12.0. The highest BCUT2D eigenvalue weighted by Gasteiger charge is 2.31. The average molecular weight is 256 g/mol. The molecule has 1 saturated heterocycles. The van der Waals surface area contributed by atoms with Crippen LogP contribution in [0.4, 0.5) is 4.79 Å². The lowest BCUT2D eigenvalue weighted by molar-refractivity contribution is -0.140. The number of aliphatic carboxylic acids is 1. The van der Waals surface area contributed by atoms with E-state index in [0.717, 1.165) is 19.5 Å². The third kappa shape index (κ3) is 3.62. The van der Waals surface area contributed by atoms with Crippen molar-refractivity contribution < 1.29 is 14.7 Å². The Hall–Kier alpha value is -1.26. The van der Waals surface area contributed by atoms with E-state index in [1.165, 1.54) is 0 Å². The molecule has 2 atom stereocenters. The number of hydrogen-bond acceptors (Lipinski definition) is 2. The van der Waals surface area contributed by atoms with Crippen LogP contribution in [0.15, 0.2) is 0 Å². The molecule has 1 heterocycles. The molecule has 0 spiro atoms. The molecule has 0 radical (unpaired) electrons. The molecule has 0 aromatic heterocycles. The second-order valence-electron chi connectivity index (χ2n) is 5.75. The Morgan fingerprint density at radius 2 is 1.89 bits per heavy atom. The fraction of sp³-hybridized carbons (Fsp3) is 0.846. The second kappa shape index (κ2) is 6.07. The molecule has 1 rings (SSSR count). The van der Waals surface area contributed by atoms with E-state index in [9.17, 15) is 9.59 Å². The van der Waals surface area contributed by atoms with Gasteiger partial charge in [-0.05, 0) is 24.2 Å². The number of hydrogen-bond donors (Lipinski definition) is 2. The molecule has 5 nitrogen and oxygen atoms in total. The van der Waals surface area contributed by atoms with Gasteiger partial charge in [-0.1, -0.05) is 27.7 Å². The molecule has 1 unspecified atom stereocenters. The van der Waals surface area contributed by atoms with Crippen LogP contribution in [-0.4, -0.2) is 41.1 Å². The van der Waals surface area contributed by atoms with Crippen LogP contribution in [0.5, 0.6) is 0 Å². The first-order valence-corrected chi connectivity index (χ1v) is 6.61. The van der Waals surface area contributed by atoms with Crippen molar-refractivity contribution in [3.8, 4) is 0 Å². The van der Waals surface area contributed by atoms with Gasteiger partial charge in [0.1, 0.15) is 6.04 Å². The number of amides is 2. The van der Waals surface area contributed by atoms with E-state index >= 15 is 0 Å². The van der Waals surface area contributed by atoms with Gasteiger partial charge in [-0.15, -0.1) is 0 Å². The Morgan fingerprint density at radius 1 is 1.28 bits per heavy atom. The van der Waals surface area contributed by atoms with E-state index in [0.29, 0.717) is 11.8 Å². The van der Waals surface area contributed by atoms with Crippen LogP contribution in [0.1, 0.15) is 34.1 Å². The van der Waals surface area contributed by atoms with Gasteiger partial charge >= 0.3 is 12.0 Å². The number of carboxylic acids is 1. The molecular weight excluding hydrogens is 232 g/mol. The zero-order valence-corrected chi connectivity index (χ0v) is 11.6. The molecule has 0 bridgehead atoms. The summed E-state index contributed by atoms with van der Waals surface area (Å²) in [6.45, 7) is 9.34. The molecule has 0 aliphatic carbocycles. The number of urea groups is 1. The van der Waals surface area contributed by atoms with Gasteiger partial charge in [0, 0.05) is 13.1 Å². The highest BCUT2D eigenvalue weighted by molar-refractivity contribution is 5.82. The van der Waals surface area contributed by atoms with Crippen molar-refractivity contribution in [3.05, 3.63) is 0 Å². The summed E-state index contributed by atoms with van der Waals surface area (Å²) in [5, 5.41) is 11.6. The summed E-state index contributed by atoms with van der Waals surface area (Å²) in [6.07, 6.45) is 1.00. The monoisotopic (exact) mass is 256 g/mol. The van der Waals surface area contributed by atoms with E-state index in [1.807, 2.05) is 0 Å². The molecule has 1 aliphatic heterocycles. The predicted molar refractivity (Wildman–Crippen MR) is 69.3 cm³/mol. The molecular formula is C13H24N2O3. The molecule has 5 heteroatoms. The van der Waals surface area contributed by atoms with E-state index in [1.54, 1.807) is 18.7 Å². The average Bonchev–Trinajstić information content (AvgIpc) is 2.73. The second-order valence-corrected chi connectivity index (χ2v) is 5.75. The minimum absolute atomic E-state index is 0.116. The van der Waals surface area contributed by atoms with Gasteiger partial charge in [0.25, 0.3) is 0 Å². The Balaban J connectivity index is 2.53. The topological polar surface area (TPSA) is 69.6 Å². The molecule has 18 heavy (non-hydrogen) atoms. The lowest BCUT2D eigenvalue weighted by atomic mass is 9.95. The zero-order valence-electron chi connectivity index (χ0n) is 11.6. The number of nitrogens with one attached hydrogen (secondary N) is 1. The number of nitrogens with zero attached hydrogens (tertiary/aromatic N) is 1. The Labute approximate surface area is 109 Å². The third-order valence-electron chi connectivity index (χ3n) is 3.67. The number of rotatable bonds is 4. The van der Waals surface area contributed by atoms with Gasteiger partial charge in [-0.2, -0.15) is 0 Å².